The highest BCUT2D eigenvalue weighted by molar-refractivity contribution is 8.01. The van der Waals surface area contributed by atoms with E-state index in [9.17, 15) is 29.4 Å². The van der Waals surface area contributed by atoms with Crippen LogP contribution in [0.5, 0.6) is 0 Å². The Morgan fingerprint density at radius 3 is 2.59 bits per heavy atom. The fraction of sp³-hybridized carbons (Fsp3) is 0.381. The number of hydrogen-bond donors (Lipinski definition) is 6. The molecule has 2 aromatic rings. The molecule has 41 heavy (non-hydrogen) atoms. The zero-order valence-corrected chi connectivity index (χ0v) is 24.2. The van der Waals surface area contributed by atoms with Crippen LogP contribution < -0.4 is 27.1 Å². The largest absolute Gasteiger partial charge is 0.478 e. The molecule has 0 radical (unpaired) electrons. The molecular formula is C21H25N10O7S3+. The normalized spacial score (nSPS) is 19.0. The lowest BCUT2D eigenvalue weighted by atomic mass is 10.0. The van der Waals surface area contributed by atoms with Crippen molar-refractivity contribution in [3.05, 3.63) is 22.3 Å². The van der Waals surface area contributed by atoms with Gasteiger partial charge in [-0.2, -0.15) is 0 Å². The molecule has 2 aliphatic rings. The van der Waals surface area contributed by atoms with E-state index in [1.54, 1.807) is 7.05 Å². The van der Waals surface area contributed by atoms with Gasteiger partial charge in [0.15, 0.2) is 10.8 Å². The number of carbonyl (C=O) groups is 4. The van der Waals surface area contributed by atoms with E-state index >= 15 is 0 Å². The molecule has 17 nitrogen and oxygen atoms in total. The Balaban J connectivity index is 1.53. The van der Waals surface area contributed by atoms with Crippen LogP contribution in [0.3, 0.4) is 0 Å². The molecule has 2 amide bonds. The Labute approximate surface area is 244 Å². The minimum Gasteiger partial charge on any atom is -0.478 e. The molecule has 2 atom stereocenters. The van der Waals surface area contributed by atoms with E-state index in [4.69, 9.17) is 22.0 Å². The van der Waals surface area contributed by atoms with Gasteiger partial charge in [-0.05, 0) is 19.4 Å². The Morgan fingerprint density at radius 2 is 1.98 bits per heavy atom. The molecule has 0 aromatic carbocycles. The third-order valence-corrected chi connectivity index (χ3v) is 8.97. The number of nitrogens with two attached hydrogens (primary N) is 3. The second-order valence-corrected chi connectivity index (χ2v) is 12.0. The lowest BCUT2D eigenvalue weighted by molar-refractivity contribution is -0.701. The van der Waals surface area contributed by atoms with Crippen molar-refractivity contribution in [2.75, 3.05) is 28.7 Å². The van der Waals surface area contributed by atoms with E-state index in [1.807, 2.05) is 0 Å². The summed E-state index contributed by atoms with van der Waals surface area (Å²) in [6.07, 6.45) is 0. The first-order valence-corrected chi connectivity index (χ1v) is 14.5. The highest BCUT2D eigenvalue weighted by Crippen LogP contribution is 2.41. The number of aliphatic carboxylic acids is 2. The van der Waals surface area contributed by atoms with E-state index < -0.39 is 46.5 Å². The molecule has 1 saturated heterocycles. The summed E-state index contributed by atoms with van der Waals surface area (Å²) in [5, 5.41) is 26.7. The Kier molecular flexibility index (Phi) is 8.27. The van der Waals surface area contributed by atoms with Gasteiger partial charge in [0.25, 0.3) is 17.0 Å². The maximum Gasteiger partial charge on any atom is 0.352 e. The number of thioether (sulfide) groups is 2. The standard InChI is InChI=1S/C21H24N10O7S3/c1-21(2,16(36)37)38-29-9(8-6-40-19(24)25-8)12(32)26-10-13(33)31-11(15(34)35)7(4-39-14(10)31)5-41-20-28-17(22)27-18(23)30(20)3/h6,10,14H,4-5H2,1-3H3,(H8,22,23,24,25,26,27,32,34,35,36,37)/p+1/b29-9-/t10?,14-/m1/s1. The smallest absolute Gasteiger partial charge is 0.352 e. The molecule has 4 rings (SSSR count). The predicted octanol–water partition coefficient (Wildman–Crippen LogP) is -1.38. The number of carboxylic acid groups (broad SMARTS) is 2. The molecule has 1 fully saturated rings. The first-order chi connectivity index (χ1) is 19.2. The number of rotatable bonds is 10. The van der Waals surface area contributed by atoms with Crippen LogP contribution in [-0.4, -0.2) is 88.1 Å². The van der Waals surface area contributed by atoms with Gasteiger partial charge in [-0.25, -0.2) is 19.1 Å². The van der Waals surface area contributed by atoms with Crippen molar-refractivity contribution in [3.8, 4) is 0 Å². The minimum absolute atomic E-state index is 0.00991. The van der Waals surface area contributed by atoms with Crippen molar-refractivity contribution in [1.82, 2.24) is 25.2 Å². The maximum absolute atomic E-state index is 13.2. The van der Waals surface area contributed by atoms with Gasteiger partial charge < -0.3 is 37.6 Å². The van der Waals surface area contributed by atoms with Gasteiger partial charge in [-0.1, -0.05) is 26.9 Å². The number of oxime groups is 1. The minimum atomic E-state index is -1.77. The number of nitrogen functional groups attached to an aromatic ring is 3. The van der Waals surface area contributed by atoms with Gasteiger partial charge in [-0.3, -0.25) is 14.5 Å². The number of nitrogens with zero attached hydrogens (tertiary/aromatic N) is 6. The predicted molar refractivity (Wildman–Crippen MR) is 148 cm³/mol. The van der Waals surface area contributed by atoms with Crippen LogP contribution in [-0.2, 0) is 31.1 Å². The first kappa shape index (κ1) is 29.8. The van der Waals surface area contributed by atoms with Gasteiger partial charge in [0, 0.05) is 16.9 Å². The number of carboxylic acids is 2. The second kappa shape index (κ2) is 11.4. The lowest BCUT2D eigenvalue weighted by Gasteiger charge is -2.49. The Hall–Kier alpha value is -4.17. The van der Waals surface area contributed by atoms with Crippen LogP contribution in [0, 0.1) is 0 Å². The molecule has 20 heteroatoms. The van der Waals surface area contributed by atoms with Crippen LogP contribution >= 0.6 is 34.9 Å². The van der Waals surface area contributed by atoms with Crippen molar-refractivity contribution in [2.45, 2.75) is 36.0 Å². The molecular weight excluding hydrogens is 600 g/mol. The average Bonchev–Trinajstić information content (AvgIpc) is 3.33. The van der Waals surface area contributed by atoms with Gasteiger partial charge in [0.1, 0.15) is 22.8 Å². The summed E-state index contributed by atoms with van der Waals surface area (Å²) >= 11 is 3.45. The summed E-state index contributed by atoms with van der Waals surface area (Å²) in [4.78, 5) is 68.1. The van der Waals surface area contributed by atoms with Crippen molar-refractivity contribution in [3.63, 3.8) is 0 Å². The summed E-state index contributed by atoms with van der Waals surface area (Å²) in [6, 6.07) is -1.09. The number of β-lactam (4-membered cyclic amide) rings is 1. The zero-order valence-electron chi connectivity index (χ0n) is 21.7. The number of thiazole rings is 1. The number of anilines is 3. The third kappa shape index (κ3) is 5.98. The van der Waals surface area contributed by atoms with Crippen LogP contribution in [0.15, 0.2) is 27.0 Å². The lowest BCUT2D eigenvalue weighted by Crippen LogP contribution is -2.71. The van der Waals surface area contributed by atoms with Crippen LogP contribution in [0.25, 0.3) is 0 Å². The van der Waals surface area contributed by atoms with Crippen molar-refractivity contribution in [2.24, 2.45) is 12.2 Å². The van der Waals surface area contributed by atoms with Crippen molar-refractivity contribution >= 4 is 81.4 Å². The Morgan fingerprint density at radius 1 is 1.27 bits per heavy atom. The summed E-state index contributed by atoms with van der Waals surface area (Å²) < 4.78 is 1.50. The van der Waals surface area contributed by atoms with E-state index in [0.29, 0.717) is 10.7 Å². The molecule has 0 spiro atoms. The number of carbonyl (C=O) groups excluding carboxylic acids is 2. The topological polar surface area (TPSA) is 266 Å². The fourth-order valence-electron chi connectivity index (χ4n) is 3.57. The summed E-state index contributed by atoms with van der Waals surface area (Å²) in [5.74, 6) is -3.67. The number of aromatic nitrogens is 4. The molecule has 2 aromatic heterocycles. The number of nitrogens with one attached hydrogen (secondary N) is 1. The molecule has 0 saturated carbocycles. The summed E-state index contributed by atoms with van der Waals surface area (Å²) in [6.45, 7) is 2.47. The zero-order chi connectivity index (χ0) is 30.2. The third-order valence-electron chi connectivity index (χ3n) is 5.84. The maximum atomic E-state index is 13.2. The van der Waals surface area contributed by atoms with E-state index in [0.717, 1.165) is 16.2 Å². The molecule has 2 aliphatic heterocycles. The van der Waals surface area contributed by atoms with E-state index in [2.05, 4.69) is 25.4 Å². The summed E-state index contributed by atoms with van der Waals surface area (Å²) in [7, 11) is 1.63. The molecule has 1 unspecified atom stereocenters. The van der Waals surface area contributed by atoms with Crippen molar-refractivity contribution < 1.29 is 38.8 Å². The van der Waals surface area contributed by atoms with Gasteiger partial charge in [0.2, 0.25) is 5.60 Å². The monoisotopic (exact) mass is 625 g/mol. The van der Waals surface area contributed by atoms with Gasteiger partial charge in [0.05, 0.1) is 7.05 Å². The highest BCUT2D eigenvalue weighted by atomic mass is 32.2. The average molecular weight is 626 g/mol. The van der Waals surface area contributed by atoms with Crippen LogP contribution in [0.2, 0.25) is 0 Å². The van der Waals surface area contributed by atoms with Crippen molar-refractivity contribution in [1.29, 1.82) is 0 Å². The fourth-order valence-corrected chi connectivity index (χ4v) is 6.58. The summed E-state index contributed by atoms with van der Waals surface area (Å²) in [5.41, 5.74) is 15.3. The molecule has 0 aliphatic carbocycles. The van der Waals surface area contributed by atoms with Gasteiger partial charge >= 0.3 is 23.8 Å². The van der Waals surface area contributed by atoms with E-state index in [1.165, 1.54) is 47.3 Å². The number of amides is 2. The van der Waals surface area contributed by atoms with Crippen LogP contribution in [0.1, 0.15) is 19.5 Å². The molecule has 4 heterocycles. The van der Waals surface area contributed by atoms with E-state index in [-0.39, 0.29) is 39.9 Å². The molecule has 218 valence electrons. The SMILES string of the molecule is C[n+]1c(N)nc(N)nc1SCC1=C(C(=O)O)N2C(=O)C(NC(=O)/C(=N\OC(C)(C)C(=O)O)c3csc(N)n3)[C@H]2SC1. The second-order valence-electron chi connectivity index (χ2n) is 9.11. The Bertz CT molecular complexity index is 1510. The highest BCUT2D eigenvalue weighted by Gasteiger charge is 2.54. The quantitative estimate of drug-likeness (QED) is 0.0584. The van der Waals surface area contributed by atoms with Gasteiger partial charge in [-0.15, -0.1) is 23.1 Å². The molecule has 0 bridgehead atoms. The number of fused-ring (bicyclic) bond motifs is 1. The van der Waals surface area contributed by atoms with Crippen LogP contribution in [0.4, 0.5) is 17.0 Å². The number of hydrogen-bond acceptors (Lipinski definition) is 15. The first-order valence-electron chi connectivity index (χ1n) is 11.5. The molecule has 9 N–H and O–H groups in total.